The highest BCUT2D eigenvalue weighted by atomic mass is 79.9. The number of carbonyl (C=O) groups excluding carboxylic acids is 1. The van der Waals surface area contributed by atoms with Crippen LogP contribution in [0.1, 0.15) is 17.5 Å². The number of anilines is 2. The van der Waals surface area contributed by atoms with Gasteiger partial charge >= 0.3 is 0 Å². The van der Waals surface area contributed by atoms with Crippen LogP contribution >= 0.6 is 15.9 Å². The normalized spacial score (nSPS) is 10.2. The highest BCUT2D eigenvalue weighted by molar-refractivity contribution is 9.10. The Morgan fingerprint density at radius 1 is 1.05 bits per heavy atom. The minimum absolute atomic E-state index is 0.0105. The first kappa shape index (κ1) is 15.6. The maximum absolute atomic E-state index is 11.9. The van der Waals surface area contributed by atoms with Crippen molar-refractivity contribution >= 4 is 33.2 Å². The molecule has 0 aliphatic carbocycles. The van der Waals surface area contributed by atoms with Crippen molar-refractivity contribution in [2.75, 3.05) is 17.2 Å². The number of hydrogen-bond acceptors (Lipinski definition) is 2. The van der Waals surface area contributed by atoms with Crippen LogP contribution in [0.5, 0.6) is 0 Å². The Hall–Kier alpha value is -1.81. The molecule has 0 radical (unpaired) electrons. The van der Waals surface area contributed by atoms with Gasteiger partial charge in [-0.05, 0) is 49.7 Å². The van der Waals surface area contributed by atoms with Gasteiger partial charge in [0.1, 0.15) is 0 Å². The van der Waals surface area contributed by atoms with Gasteiger partial charge in [-0.15, -0.1) is 0 Å². The molecule has 0 atom stereocenters. The third-order valence-corrected chi connectivity index (χ3v) is 4.06. The molecule has 0 bridgehead atoms. The van der Waals surface area contributed by atoms with Gasteiger partial charge in [0.2, 0.25) is 5.91 Å². The molecule has 0 heterocycles. The van der Waals surface area contributed by atoms with Gasteiger partial charge in [-0.1, -0.05) is 33.6 Å². The maximum atomic E-state index is 11.9. The largest absolute Gasteiger partial charge is 0.385 e. The van der Waals surface area contributed by atoms with Crippen molar-refractivity contribution in [2.24, 2.45) is 0 Å². The van der Waals surface area contributed by atoms with Crippen LogP contribution in [-0.2, 0) is 4.79 Å². The van der Waals surface area contributed by atoms with Crippen LogP contribution in [-0.4, -0.2) is 12.5 Å². The van der Waals surface area contributed by atoms with Crippen LogP contribution in [0, 0.1) is 13.8 Å². The number of benzene rings is 2. The molecule has 110 valence electrons. The number of halogens is 1. The van der Waals surface area contributed by atoms with E-state index in [4.69, 9.17) is 0 Å². The Labute approximate surface area is 133 Å². The molecule has 0 saturated carbocycles. The van der Waals surface area contributed by atoms with Crippen LogP contribution in [0.15, 0.2) is 46.9 Å². The Morgan fingerprint density at radius 3 is 2.38 bits per heavy atom. The second kappa shape index (κ2) is 7.27. The zero-order valence-electron chi connectivity index (χ0n) is 12.2. The van der Waals surface area contributed by atoms with Gasteiger partial charge in [0.25, 0.3) is 0 Å². The van der Waals surface area contributed by atoms with Crippen LogP contribution in [0.25, 0.3) is 0 Å². The summed E-state index contributed by atoms with van der Waals surface area (Å²) in [7, 11) is 0. The van der Waals surface area contributed by atoms with Crippen molar-refractivity contribution in [2.45, 2.75) is 20.3 Å². The van der Waals surface area contributed by atoms with E-state index < -0.39 is 0 Å². The molecule has 0 unspecified atom stereocenters. The summed E-state index contributed by atoms with van der Waals surface area (Å²) in [6, 6.07) is 13.9. The summed E-state index contributed by atoms with van der Waals surface area (Å²) in [4.78, 5) is 11.9. The lowest BCUT2D eigenvalue weighted by molar-refractivity contribution is -0.115. The summed E-state index contributed by atoms with van der Waals surface area (Å²) in [6.07, 6.45) is 0.434. The predicted molar refractivity (Wildman–Crippen MR) is 91.8 cm³/mol. The van der Waals surface area contributed by atoms with Crippen LogP contribution in [0.2, 0.25) is 0 Å². The van der Waals surface area contributed by atoms with Gasteiger partial charge in [-0.3, -0.25) is 4.79 Å². The highest BCUT2D eigenvalue weighted by Gasteiger charge is 2.03. The Balaban J connectivity index is 1.79. The number of nitrogens with one attached hydrogen (secondary N) is 2. The molecule has 0 aromatic heterocycles. The van der Waals surface area contributed by atoms with E-state index in [0.717, 1.165) is 21.4 Å². The molecule has 2 aromatic carbocycles. The first-order valence-corrected chi connectivity index (χ1v) is 7.70. The lowest BCUT2D eigenvalue weighted by Crippen LogP contribution is -2.16. The summed E-state index contributed by atoms with van der Waals surface area (Å²) >= 11 is 3.45. The van der Waals surface area contributed by atoms with Crippen molar-refractivity contribution in [3.8, 4) is 0 Å². The molecule has 0 fully saturated rings. The molecule has 4 heteroatoms. The fraction of sp³-hybridized carbons (Fsp3) is 0.235. The van der Waals surface area contributed by atoms with E-state index >= 15 is 0 Å². The van der Waals surface area contributed by atoms with Gasteiger partial charge in [0.15, 0.2) is 0 Å². The number of hydrogen-bond donors (Lipinski definition) is 2. The molecule has 0 spiro atoms. The van der Waals surface area contributed by atoms with E-state index in [9.17, 15) is 4.79 Å². The third-order valence-electron chi connectivity index (χ3n) is 3.17. The second-order valence-corrected chi connectivity index (χ2v) is 5.91. The summed E-state index contributed by atoms with van der Waals surface area (Å²) in [5.41, 5.74) is 4.19. The maximum Gasteiger partial charge on any atom is 0.226 e. The van der Waals surface area contributed by atoms with E-state index in [0.29, 0.717) is 13.0 Å². The van der Waals surface area contributed by atoms with Gasteiger partial charge in [0, 0.05) is 28.8 Å². The van der Waals surface area contributed by atoms with Gasteiger partial charge in [-0.25, -0.2) is 0 Å². The van der Waals surface area contributed by atoms with Crippen molar-refractivity contribution < 1.29 is 4.79 Å². The molecule has 2 rings (SSSR count). The molecule has 2 aromatic rings. The molecular weight excluding hydrogens is 328 g/mol. The van der Waals surface area contributed by atoms with E-state index in [2.05, 4.69) is 33.5 Å². The molecule has 0 saturated heterocycles. The molecule has 0 aliphatic rings. The first-order valence-electron chi connectivity index (χ1n) is 6.91. The minimum atomic E-state index is 0.0105. The smallest absolute Gasteiger partial charge is 0.226 e. The minimum Gasteiger partial charge on any atom is -0.385 e. The molecule has 3 nitrogen and oxygen atoms in total. The van der Waals surface area contributed by atoms with Crippen LogP contribution < -0.4 is 10.6 Å². The van der Waals surface area contributed by atoms with Crippen LogP contribution in [0.3, 0.4) is 0 Å². The second-order valence-electron chi connectivity index (χ2n) is 5.05. The van der Waals surface area contributed by atoms with E-state index in [-0.39, 0.29) is 5.91 Å². The number of carbonyl (C=O) groups is 1. The standard InChI is InChI=1S/C17H19BrN2O/c1-12-3-5-14(6-4-12)19-10-9-17(21)20-15-7-8-16(18)13(2)11-15/h3-8,11,19H,9-10H2,1-2H3,(H,20,21). The summed E-state index contributed by atoms with van der Waals surface area (Å²) in [5, 5.41) is 6.15. The summed E-state index contributed by atoms with van der Waals surface area (Å²) in [5.74, 6) is 0.0105. The van der Waals surface area contributed by atoms with E-state index in [1.165, 1.54) is 5.56 Å². The third kappa shape index (κ3) is 4.90. The Kier molecular flexibility index (Phi) is 5.39. The van der Waals surface area contributed by atoms with Crippen molar-refractivity contribution in [3.05, 3.63) is 58.1 Å². The SMILES string of the molecule is Cc1ccc(NCCC(=O)Nc2ccc(Br)c(C)c2)cc1. The summed E-state index contributed by atoms with van der Waals surface area (Å²) < 4.78 is 1.04. The topological polar surface area (TPSA) is 41.1 Å². The number of aryl methyl sites for hydroxylation is 2. The molecule has 2 N–H and O–H groups in total. The van der Waals surface area contributed by atoms with Crippen molar-refractivity contribution in [3.63, 3.8) is 0 Å². The zero-order chi connectivity index (χ0) is 15.2. The molecular formula is C17H19BrN2O. The van der Waals surface area contributed by atoms with Gasteiger partial charge in [0.05, 0.1) is 0 Å². The Bertz CT molecular complexity index is 623. The van der Waals surface area contributed by atoms with Gasteiger partial charge in [-0.2, -0.15) is 0 Å². The zero-order valence-corrected chi connectivity index (χ0v) is 13.8. The lowest BCUT2D eigenvalue weighted by Gasteiger charge is -2.09. The highest BCUT2D eigenvalue weighted by Crippen LogP contribution is 2.20. The number of amides is 1. The van der Waals surface area contributed by atoms with Gasteiger partial charge < -0.3 is 10.6 Å². The van der Waals surface area contributed by atoms with E-state index in [1.807, 2.05) is 49.4 Å². The quantitative estimate of drug-likeness (QED) is 0.836. The van der Waals surface area contributed by atoms with Crippen molar-refractivity contribution in [1.29, 1.82) is 0 Å². The average molecular weight is 347 g/mol. The molecule has 0 aliphatic heterocycles. The monoisotopic (exact) mass is 346 g/mol. The van der Waals surface area contributed by atoms with E-state index in [1.54, 1.807) is 0 Å². The van der Waals surface area contributed by atoms with Crippen LogP contribution in [0.4, 0.5) is 11.4 Å². The summed E-state index contributed by atoms with van der Waals surface area (Å²) in [6.45, 7) is 4.67. The Morgan fingerprint density at radius 2 is 1.71 bits per heavy atom. The average Bonchev–Trinajstić information content (AvgIpc) is 2.45. The first-order chi connectivity index (χ1) is 10.0. The fourth-order valence-corrected chi connectivity index (χ4v) is 2.18. The molecule has 1 amide bonds. The lowest BCUT2D eigenvalue weighted by atomic mass is 10.2. The van der Waals surface area contributed by atoms with Crippen molar-refractivity contribution in [1.82, 2.24) is 0 Å². The predicted octanol–water partition coefficient (Wildman–Crippen LogP) is 4.51. The number of rotatable bonds is 5. The fourth-order valence-electron chi connectivity index (χ4n) is 1.94. The molecule has 21 heavy (non-hydrogen) atoms.